The molecule has 1 saturated carbocycles. The maximum absolute atomic E-state index is 10.6. The first-order valence-electron chi connectivity index (χ1n) is 3.97. The quantitative estimate of drug-likeness (QED) is 0.703. The van der Waals surface area contributed by atoms with Crippen LogP contribution in [0.1, 0.15) is 19.8 Å². The summed E-state index contributed by atoms with van der Waals surface area (Å²) >= 11 is 0. The van der Waals surface area contributed by atoms with E-state index in [4.69, 9.17) is 5.11 Å². The Morgan fingerprint density at radius 1 is 1.54 bits per heavy atom. The van der Waals surface area contributed by atoms with Gasteiger partial charge < -0.3 is 9.84 Å². The second-order valence-electron chi connectivity index (χ2n) is 3.08. The van der Waals surface area contributed by atoms with Crippen LogP contribution in [0.4, 0.5) is 0 Å². The van der Waals surface area contributed by atoms with E-state index in [2.05, 4.69) is 4.74 Å². The van der Waals surface area contributed by atoms with Crippen LogP contribution < -0.4 is 0 Å². The average Bonchev–Trinajstić information content (AvgIpc) is 2.69. The molecule has 5 heteroatoms. The van der Waals surface area contributed by atoms with Crippen LogP contribution in [0.5, 0.6) is 0 Å². The first-order valence-corrected chi connectivity index (χ1v) is 3.97. The lowest BCUT2D eigenvalue weighted by atomic mass is 10.1. The zero-order valence-electron chi connectivity index (χ0n) is 7.36. The number of carboxylic acids is 1. The smallest absolute Gasteiger partial charge is 0.310 e. The summed E-state index contributed by atoms with van der Waals surface area (Å²) in [5.41, 5.74) is 0. The monoisotopic (exact) mass is 208 g/mol. The molecule has 0 aromatic heterocycles. The van der Waals surface area contributed by atoms with E-state index in [9.17, 15) is 9.59 Å². The van der Waals surface area contributed by atoms with Crippen LogP contribution in [0.15, 0.2) is 0 Å². The highest BCUT2D eigenvalue weighted by Crippen LogP contribution is 2.37. The Hall–Kier alpha value is -0.770. The molecule has 1 rings (SSSR count). The largest absolute Gasteiger partial charge is 0.481 e. The van der Waals surface area contributed by atoms with E-state index in [0.717, 1.165) is 12.8 Å². The minimum Gasteiger partial charge on any atom is -0.481 e. The number of aliphatic carboxylic acids is 1. The zero-order valence-corrected chi connectivity index (χ0v) is 8.17. The van der Waals surface area contributed by atoms with Crippen LogP contribution >= 0.6 is 12.4 Å². The molecule has 4 nitrogen and oxygen atoms in total. The van der Waals surface area contributed by atoms with Gasteiger partial charge in [0.05, 0.1) is 5.92 Å². The van der Waals surface area contributed by atoms with E-state index in [0.29, 0.717) is 0 Å². The van der Waals surface area contributed by atoms with Crippen LogP contribution in [0.2, 0.25) is 0 Å². The SMILES string of the molecule is CC(=O)OCC(C(=O)O)C1CC1.Cl. The van der Waals surface area contributed by atoms with Crippen LogP contribution in [0, 0.1) is 11.8 Å². The van der Waals surface area contributed by atoms with E-state index in [1.807, 2.05) is 0 Å². The molecule has 1 atom stereocenters. The normalized spacial score (nSPS) is 17.0. The number of esters is 1. The predicted octanol–water partition coefficient (Wildman–Crippen LogP) is 1.08. The molecule has 0 amide bonds. The fourth-order valence-corrected chi connectivity index (χ4v) is 1.11. The van der Waals surface area contributed by atoms with Gasteiger partial charge in [0.1, 0.15) is 6.61 Å². The Kier molecular flexibility index (Phi) is 4.77. The summed E-state index contributed by atoms with van der Waals surface area (Å²) in [6, 6.07) is 0. The Balaban J connectivity index is 0.00000144. The fraction of sp³-hybridized carbons (Fsp3) is 0.750. The van der Waals surface area contributed by atoms with Crippen molar-refractivity contribution in [3.05, 3.63) is 0 Å². The standard InChI is InChI=1S/C8H12O4.ClH/c1-5(9)12-4-7(8(10)11)6-2-3-6;/h6-7H,2-4H2,1H3,(H,10,11);1H. The molecule has 0 aromatic rings. The van der Waals surface area contributed by atoms with Crippen LogP contribution in [-0.2, 0) is 14.3 Å². The molecule has 13 heavy (non-hydrogen) atoms. The molecule has 1 unspecified atom stereocenters. The Labute approximate surface area is 82.7 Å². The van der Waals surface area contributed by atoms with Gasteiger partial charge in [0.2, 0.25) is 0 Å². The first kappa shape index (κ1) is 12.2. The highest BCUT2D eigenvalue weighted by molar-refractivity contribution is 5.85. The molecule has 0 heterocycles. The summed E-state index contributed by atoms with van der Waals surface area (Å²) in [5, 5.41) is 8.71. The van der Waals surface area contributed by atoms with Crippen LogP contribution in [0.3, 0.4) is 0 Å². The summed E-state index contributed by atoms with van der Waals surface area (Å²) in [5.74, 6) is -1.55. The molecule has 0 saturated heterocycles. The van der Waals surface area contributed by atoms with Gasteiger partial charge in [-0.3, -0.25) is 9.59 Å². The molecule has 1 fully saturated rings. The van der Waals surface area contributed by atoms with Crippen molar-refractivity contribution >= 4 is 24.3 Å². The molecule has 0 spiro atoms. The third-order valence-electron chi connectivity index (χ3n) is 1.97. The van der Waals surface area contributed by atoms with E-state index in [-0.39, 0.29) is 24.9 Å². The van der Waals surface area contributed by atoms with E-state index >= 15 is 0 Å². The van der Waals surface area contributed by atoms with E-state index in [1.54, 1.807) is 0 Å². The third kappa shape index (κ3) is 4.12. The van der Waals surface area contributed by atoms with Gasteiger partial charge in [-0.25, -0.2) is 0 Å². The number of rotatable bonds is 4. The number of carbonyl (C=O) groups excluding carboxylic acids is 1. The number of halogens is 1. The molecule has 0 bridgehead atoms. The van der Waals surface area contributed by atoms with Gasteiger partial charge in [-0.1, -0.05) is 0 Å². The lowest BCUT2D eigenvalue weighted by molar-refractivity contribution is -0.150. The molecule has 1 N–H and O–H groups in total. The lowest BCUT2D eigenvalue weighted by Crippen LogP contribution is -2.22. The van der Waals surface area contributed by atoms with Crippen molar-refractivity contribution in [2.45, 2.75) is 19.8 Å². The highest BCUT2D eigenvalue weighted by Gasteiger charge is 2.36. The van der Waals surface area contributed by atoms with Crippen molar-refractivity contribution in [1.82, 2.24) is 0 Å². The number of ether oxygens (including phenoxy) is 1. The number of carbonyl (C=O) groups is 2. The lowest BCUT2D eigenvalue weighted by Gasteiger charge is -2.09. The number of hydrogen-bond acceptors (Lipinski definition) is 3. The fourth-order valence-electron chi connectivity index (χ4n) is 1.11. The molecular weight excluding hydrogens is 196 g/mol. The van der Waals surface area contributed by atoms with Gasteiger partial charge in [-0.15, -0.1) is 12.4 Å². The summed E-state index contributed by atoms with van der Waals surface area (Å²) in [7, 11) is 0. The second-order valence-corrected chi connectivity index (χ2v) is 3.08. The van der Waals surface area contributed by atoms with Crippen LogP contribution in [-0.4, -0.2) is 23.7 Å². The van der Waals surface area contributed by atoms with Gasteiger partial charge in [0.15, 0.2) is 0 Å². The van der Waals surface area contributed by atoms with Gasteiger partial charge >= 0.3 is 11.9 Å². The van der Waals surface area contributed by atoms with Crippen molar-refractivity contribution in [3.8, 4) is 0 Å². The second kappa shape index (κ2) is 5.07. The maximum Gasteiger partial charge on any atom is 0.310 e. The van der Waals surface area contributed by atoms with E-state index < -0.39 is 17.9 Å². The molecule has 0 aromatic carbocycles. The topological polar surface area (TPSA) is 63.6 Å². The predicted molar refractivity (Wildman–Crippen MR) is 47.7 cm³/mol. The maximum atomic E-state index is 10.6. The number of hydrogen-bond donors (Lipinski definition) is 1. The molecular formula is C8H13ClO4. The highest BCUT2D eigenvalue weighted by atomic mass is 35.5. The van der Waals surface area contributed by atoms with Gasteiger partial charge in [0, 0.05) is 6.92 Å². The zero-order chi connectivity index (χ0) is 9.14. The van der Waals surface area contributed by atoms with Gasteiger partial charge in [-0.2, -0.15) is 0 Å². The minimum atomic E-state index is -0.862. The number of carboxylic acid groups (broad SMARTS) is 1. The Morgan fingerprint density at radius 3 is 2.38 bits per heavy atom. The van der Waals surface area contributed by atoms with E-state index in [1.165, 1.54) is 6.92 Å². The van der Waals surface area contributed by atoms with Crippen molar-refractivity contribution in [2.75, 3.05) is 6.61 Å². The van der Waals surface area contributed by atoms with Crippen molar-refractivity contribution < 1.29 is 19.4 Å². The minimum absolute atomic E-state index is 0. The van der Waals surface area contributed by atoms with Crippen LogP contribution in [0.25, 0.3) is 0 Å². The molecule has 1 aliphatic rings. The first-order chi connectivity index (χ1) is 5.61. The average molecular weight is 209 g/mol. The Bertz CT molecular complexity index is 200. The summed E-state index contributed by atoms with van der Waals surface area (Å²) in [6.07, 6.45) is 1.89. The van der Waals surface area contributed by atoms with Crippen molar-refractivity contribution in [1.29, 1.82) is 0 Å². The third-order valence-corrected chi connectivity index (χ3v) is 1.97. The summed E-state index contributed by atoms with van der Waals surface area (Å²) < 4.78 is 4.65. The van der Waals surface area contributed by atoms with Crippen molar-refractivity contribution in [2.24, 2.45) is 11.8 Å². The molecule has 1 aliphatic carbocycles. The van der Waals surface area contributed by atoms with Gasteiger partial charge in [0.25, 0.3) is 0 Å². The molecule has 76 valence electrons. The van der Waals surface area contributed by atoms with Gasteiger partial charge in [-0.05, 0) is 18.8 Å². The Morgan fingerprint density at radius 2 is 2.08 bits per heavy atom. The summed E-state index contributed by atoms with van der Waals surface area (Å²) in [6.45, 7) is 1.31. The summed E-state index contributed by atoms with van der Waals surface area (Å²) in [4.78, 5) is 21.0. The molecule has 0 aliphatic heterocycles. The molecule has 0 radical (unpaired) electrons. The van der Waals surface area contributed by atoms with Crippen molar-refractivity contribution in [3.63, 3.8) is 0 Å².